The number of benzene rings is 1. The van der Waals surface area contributed by atoms with Crippen LogP contribution in [0.4, 0.5) is 0 Å². The number of carbonyl (C=O) groups excluding carboxylic acids is 1. The minimum Gasteiger partial charge on any atom is -0.578 e. The number of hydrogen-bond acceptors (Lipinski definition) is 2. The van der Waals surface area contributed by atoms with Gasteiger partial charge >= 0.3 is 0 Å². The van der Waals surface area contributed by atoms with E-state index in [-0.39, 0.29) is 45.9 Å². The molecule has 15 heavy (non-hydrogen) atoms. The minimum absolute atomic E-state index is 0. The Morgan fingerprint density at radius 3 is 2.87 bits per heavy atom. The zero-order valence-corrected chi connectivity index (χ0v) is 11.4. The van der Waals surface area contributed by atoms with Gasteiger partial charge in [-0.25, -0.2) is 0 Å². The van der Waals surface area contributed by atoms with Crippen LogP contribution in [0.5, 0.6) is 0 Å². The topological polar surface area (TPSA) is 44.1 Å². The second kappa shape index (κ2) is 4.54. The molecule has 0 fully saturated rings. The molecule has 1 aliphatic carbocycles. The molecule has 1 aliphatic rings. The van der Waals surface area contributed by atoms with Crippen LogP contribution in [0.25, 0.3) is 10.9 Å². The van der Waals surface area contributed by atoms with Crippen molar-refractivity contribution < 1.29 is 37.5 Å². The van der Waals surface area contributed by atoms with Crippen LogP contribution in [0.3, 0.4) is 0 Å². The molecule has 0 amide bonds. The molecule has 0 spiro atoms. The van der Waals surface area contributed by atoms with E-state index in [9.17, 15) is 4.79 Å². The Bertz CT molecular complexity index is 504. The van der Waals surface area contributed by atoms with Gasteiger partial charge in [-0.15, -0.1) is 5.69 Å². The summed E-state index contributed by atoms with van der Waals surface area (Å²) in [6, 6.07) is 5.62. The van der Waals surface area contributed by atoms with E-state index in [1.807, 2.05) is 18.2 Å². The van der Waals surface area contributed by atoms with Gasteiger partial charge in [0, 0.05) is 50.2 Å². The van der Waals surface area contributed by atoms with E-state index in [2.05, 4.69) is 10.2 Å². The van der Waals surface area contributed by atoms with Crippen molar-refractivity contribution in [3.05, 3.63) is 36.9 Å². The number of aromatic nitrogens is 2. The second-order valence-corrected chi connectivity index (χ2v) is 3.27. The van der Waals surface area contributed by atoms with Gasteiger partial charge in [-0.3, -0.25) is 4.79 Å². The molecule has 1 aromatic heterocycles. The fourth-order valence-corrected chi connectivity index (χ4v) is 1.86. The maximum Gasteiger partial charge on any atom is 0.163 e. The van der Waals surface area contributed by atoms with Crippen LogP contribution in [0.15, 0.2) is 18.2 Å². The Morgan fingerprint density at radius 2 is 2.07 bits per heavy atom. The van der Waals surface area contributed by atoms with E-state index in [0.29, 0.717) is 6.42 Å². The molecule has 0 saturated heterocycles. The van der Waals surface area contributed by atoms with Crippen molar-refractivity contribution in [2.24, 2.45) is 0 Å². The maximum absolute atomic E-state index is 11.5. The SMILES string of the molecule is O=C1CCc2[n-]nc3cccc1c23.[CH3-].[Y]. The predicted octanol–water partition coefficient (Wildman–Crippen LogP) is 1.77. The maximum atomic E-state index is 11.5. The van der Waals surface area contributed by atoms with Crippen molar-refractivity contribution >= 4 is 16.7 Å². The fraction of sp³-hybridized carbons (Fsp3) is 0.182. The van der Waals surface area contributed by atoms with E-state index < -0.39 is 0 Å². The molecule has 0 unspecified atom stereocenters. The van der Waals surface area contributed by atoms with Crippen molar-refractivity contribution in [3.8, 4) is 0 Å². The molecule has 1 radical (unpaired) electrons. The third kappa shape index (κ3) is 1.79. The third-order valence-corrected chi connectivity index (χ3v) is 2.50. The average molecular weight is 275 g/mol. The molecule has 0 aliphatic heterocycles. The van der Waals surface area contributed by atoms with Gasteiger partial charge in [0.2, 0.25) is 0 Å². The molecule has 0 N–H and O–H groups in total. The number of rotatable bonds is 0. The van der Waals surface area contributed by atoms with E-state index in [0.717, 1.165) is 28.6 Å². The summed E-state index contributed by atoms with van der Waals surface area (Å²) in [5.74, 6) is 0.216. The minimum atomic E-state index is 0. The molecule has 1 heterocycles. The molecular formula is C11H10N2OY-2. The first-order valence-electron chi connectivity index (χ1n) is 4.30. The number of ketones is 1. The zero-order valence-electron chi connectivity index (χ0n) is 8.53. The molecule has 4 heteroatoms. The molecule has 3 nitrogen and oxygen atoms in total. The third-order valence-electron chi connectivity index (χ3n) is 2.50. The van der Waals surface area contributed by atoms with Gasteiger partial charge in [-0.2, -0.15) is 0 Å². The van der Waals surface area contributed by atoms with Gasteiger partial charge in [0.1, 0.15) is 0 Å². The summed E-state index contributed by atoms with van der Waals surface area (Å²) in [4.78, 5) is 11.5. The number of hydrogen-bond donors (Lipinski definition) is 0. The van der Waals surface area contributed by atoms with Crippen LogP contribution in [0.1, 0.15) is 22.5 Å². The molecule has 1 aromatic carbocycles. The van der Waals surface area contributed by atoms with Crippen LogP contribution < -0.4 is 5.10 Å². The van der Waals surface area contributed by atoms with Gasteiger partial charge in [0.15, 0.2) is 5.78 Å². The van der Waals surface area contributed by atoms with Crippen molar-refractivity contribution in [1.29, 1.82) is 0 Å². The van der Waals surface area contributed by atoms with E-state index in [1.54, 1.807) is 0 Å². The van der Waals surface area contributed by atoms with E-state index in [4.69, 9.17) is 0 Å². The second-order valence-electron chi connectivity index (χ2n) is 3.27. The van der Waals surface area contributed by atoms with Crippen LogP contribution in [0.2, 0.25) is 0 Å². The fourth-order valence-electron chi connectivity index (χ4n) is 1.86. The standard InChI is InChI=1S/C10H8N2O.CH3.Y/c13-9-5-4-8-10-6(9)2-1-3-7(10)11-12-8;;/h1-3H,4-5H2,(H,11,12,13);1H3;/q;-1;/p-1. The first-order valence-corrected chi connectivity index (χ1v) is 4.30. The van der Waals surface area contributed by atoms with Crippen molar-refractivity contribution in [3.63, 3.8) is 0 Å². The monoisotopic (exact) mass is 275 g/mol. The molecular weight excluding hydrogens is 265 g/mol. The van der Waals surface area contributed by atoms with Crippen molar-refractivity contribution in [2.75, 3.05) is 0 Å². The summed E-state index contributed by atoms with van der Waals surface area (Å²) < 4.78 is 0. The molecule has 0 saturated carbocycles. The zero-order chi connectivity index (χ0) is 8.84. The Balaban J connectivity index is 0.000000562. The summed E-state index contributed by atoms with van der Waals surface area (Å²) in [6.45, 7) is 0. The summed E-state index contributed by atoms with van der Waals surface area (Å²) in [5, 5.41) is 9.05. The molecule has 2 aromatic rings. The van der Waals surface area contributed by atoms with Gasteiger partial charge in [-0.1, -0.05) is 12.1 Å². The molecule has 3 rings (SSSR count). The summed E-state index contributed by atoms with van der Waals surface area (Å²) >= 11 is 0. The Kier molecular flexibility index (Phi) is 3.79. The van der Waals surface area contributed by atoms with E-state index in [1.165, 1.54) is 0 Å². The summed E-state index contributed by atoms with van der Waals surface area (Å²) in [7, 11) is 0. The summed E-state index contributed by atoms with van der Waals surface area (Å²) in [5.41, 5.74) is 2.62. The van der Waals surface area contributed by atoms with Crippen molar-refractivity contribution in [1.82, 2.24) is 10.2 Å². The Labute approximate surface area is 114 Å². The quantitative estimate of drug-likeness (QED) is 0.688. The average Bonchev–Trinajstić information content (AvgIpc) is 2.57. The Hall–Kier alpha value is -0.536. The Morgan fingerprint density at radius 1 is 1.27 bits per heavy atom. The molecule has 75 valence electrons. The number of nitrogens with zero attached hydrogens (tertiary/aromatic N) is 2. The largest absolute Gasteiger partial charge is 0.578 e. The number of aryl methyl sites for hydroxylation is 1. The first-order chi connectivity index (χ1) is 6.36. The van der Waals surface area contributed by atoms with Crippen molar-refractivity contribution in [2.45, 2.75) is 12.8 Å². The normalized spacial score (nSPS) is 13.2. The van der Waals surface area contributed by atoms with Gasteiger partial charge < -0.3 is 17.6 Å². The van der Waals surface area contributed by atoms with Crippen LogP contribution in [-0.4, -0.2) is 10.9 Å². The number of Topliss-reactive ketones (excluding diaryl/α,β-unsaturated/α-hetero) is 1. The first kappa shape index (κ1) is 12.5. The van der Waals surface area contributed by atoms with E-state index >= 15 is 0 Å². The van der Waals surface area contributed by atoms with Gasteiger partial charge in [-0.05, 0) is 17.9 Å². The van der Waals surface area contributed by atoms with Gasteiger partial charge in [0.05, 0.1) is 0 Å². The smallest absolute Gasteiger partial charge is 0.163 e. The van der Waals surface area contributed by atoms with Crippen LogP contribution >= 0.6 is 0 Å². The number of carbonyl (C=O) groups is 1. The van der Waals surface area contributed by atoms with Gasteiger partial charge in [0.25, 0.3) is 0 Å². The predicted molar refractivity (Wildman–Crippen MR) is 54.1 cm³/mol. The molecule has 0 bridgehead atoms. The van der Waals surface area contributed by atoms with Crippen LogP contribution in [-0.2, 0) is 39.1 Å². The molecule has 0 atom stereocenters. The summed E-state index contributed by atoms with van der Waals surface area (Å²) in [6.07, 6.45) is 1.32. The van der Waals surface area contributed by atoms with Crippen LogP contribution in [0, 0.1) is 7.43 Å².